The standard InChI is InChI=1S/C16H16F3N3O2S/c1-2-22-8-7-12-13(9-22)25-15(20-12)21-14(23)10-3-5-11(6-4-10)24-16(17,18)19/h3-6H,2,7-9H2,1H3,(H,20,21,23). The lowest BCUT2D eigenvalue weighted by molar-refractivity contribution is -0.274. The van der Waals surface area contributed by atoms with E-state index in [0.29, 0.717) is 5.13 Å². The zero-order valence-corrected chi connectivity index (χ0v) is 14.2. The Morgan fingerprint density at radius 3 is 2.72 bits per heavy atom. The van der Waals surface area contributed by atoms with Crippen molar-refractivity contribution >= 4 is 22.4 Å². The summed E-state index contributed by atoms with van der Waals surface area (Å²) >= 11 is 1.43. The lowest BCUT2D eigenvalue weighted by Crippen LogP contribution is -2.29. The number of alkyl halides is 3. The Bertz CT molecular complexity index is 759. The molecule has 1 aliphatic rings. The van der Waals surface area contributed by atoms with E-state index < -0.39 is 12.3 Å². The summed E-state index contributed by atoms with van der Waals surface area (Å²) in [6.45, 7) is 4.83. The van der Waals surface area contributed by atoms with Crippen molar-refractivity contribution in [2.45, 2.75) is 26.3 Å². The number of likely N-dealkylation sites (N-methyl/N-ethyl adjacent to an activating group) is 1. The first-order chi connectivity index (χ1) is 11.8. The number of ether oxygens (including phenoxy) is 1. The molecule has 0 spiro atoms. The minimum atomic E-state index is -4.75. The second kappa shape index (κ2) is 7.01. The smallest absolute Gasteiger partial charge is 0.406 e. The number of carbonyl (C=O) groups excluding carboxylic acids is 1. The highest BCUT2D eigenvalue weighted by molar-refractivity contribution is 7.15. The first-order valence-corrected chi connectivity index (χ1v) is 8.54. The molecule has 0 bridgehead atoms. The van der Waals surface area contributed by atoms with Gasteiger partial charge in [0, 0.05) is 30.0 Å². The molecule has 0 unspecified atom stereocenters. The number of hydrogen-bond acceptors (Lipinski definition) is 5. The maximum atomic E-state index is 12.2. The molecular formula is C16H16F3N3O2S. The number of amides is 1. The number of halogens is 3. The molecule has 0 saturated carbocycles. The van der Waals surface area contributed by atoms with Gasteiger partial charge in [0.1, 0.15) is 5.75 Å². The Balaban J connectivity index is 1.66. The van der Waals surface area contributed by atoms with Crippen LogP contribution < -0.4 is 10.1 Å². The van der Waals surface area contributed by atoms with Crippen molar-refractivity contribution in [3.05, 3.63) is 40.4 Å². The van der Waals surface area contributed by atoms with Gasteiger partial charge in [0.05, 0.1) is 5.69 Å². The topological polar surface area (TPSA) is 54.5 Å². The van der Waals surface area contributed by atoms with E-state index in [1.807, 2.05) is 0 Å². The molecule has 0 aliphatic carbocycles. The Morgan fingerprint density at radius 2 is 2.08 bits per heavy atom. The summed E-state index contributed by atoms with van der Waals surface area (Å²) in [4.78, 5) is 20.1. The molecule has 0 saturated heterocycles. The monoisotopic (exact) mass is 371 g/mol. The van der Waals surface area contributed by atoms with E-state index in [2.05, 4.69) is 26.9 Å². The predicted molar refractivity (Wildman–Crippen MR) is 87.8 cm³/mol. The average molecular weight is 371 g/mol. The van der Waals surface area contributed by atoms with Crippen molar-refractivity contribution in [2.75, 3.05) is 18.4 Å². The molecule has 1 aromatic carbocycles. The van der Waals surface area contributed by atoms with Gasteiger partial charge in [0.25, 0.3) is 5.91 Å². The summed E-state index contributed by atoms with van der Waals surface area (Å²) in [6, 6.07) is 4.77. The third kappa shape index (κ3) is 4.49. The van der Waals surface area contributed by atoms with Gasteiger partial charge in [0.2, 0.25) is 0 Å². The van der Waals surface area contributed by atoms with Gasteiger partial charge in [-0.1, -0.05) is 6.92 Å². The molecular weight excluding hydrogens is 355 g/mol. The summed E-state index contributed by atoms with van der Waals surface area (Å²) < 4.78 is 40.2. The van der Waals surface area contributed by atoms with Crippen molar-refractivity contribution < 1.29 is 22.7 Å². The Labute approximate surface area is 146 Å². The van der Waals surface area contributed by atoms with Crippen LogP contribution in [0.2, 0.25) is 0 Å². The number of hydrogen-bond donors (Lipinski definition) is 1. The largest absolute Gasteiger partial charge is 0.573 e. The highest BCUT2D eigenvalue weighted by atomic mass is 32.1. The van der Waals surface area contributed by atoms with Crippen LogP contribution in [0, 0.1) is 0 Å². The number of benzene rings is 1. The van der Waals surface area contributed by atoms with E-state index in [9.17, 15) is 18.0 Å². The minimum absolute atomic E-state index is 0.234. The van der Waals surface area contributed by atoms with E-state index >= 15 is 0 Å². The number of thiazole rings is 1. The normalized spacial score (nSPS) is 14.9. The fourth-order valence-corrected chi connectivity index (χ4v) is 3.59. The van der Waals surface area contributed by atoms with Gasteiger partial charge >= 0.3 is 6.36 Å². The molecule has 0 fully saturated rings. The molecule has 0 atom stereocenters. The molecule has 1 aromatic heterocycles. The molecule has 2 heterocycles. The van der Waals surface area contributed by atoms with Gasteiger partial charge in [-0.3, -0.25) is 15.0 Å². The number of aromatic nitrogens is 1. The third-order valence-corrected chi connectivity index (χ3v) is 4.83. The zero-order valence-electron chi connectivity index (χ0n) is 13.4. The summed E-state index contributed by atoms with van der Waals surface area (Å²) in [6.07, 6.45) is -3.91. The van der Waals surface area contributed by atoms with Crippen LogP contribution >= 0.6 is 11.3 Å². The molecule has 5 nitrogen and oxygen atoms in total. The SMILES string of the molecule is CCN1CCc2nc(NC(=O)c3ccc(OC(F)(F)F)cc3)sc2C1. The van der Waals surface area contributed by atoms with Crippen LogP contribution in [-0.4, -0.2) is 35.2 Å². The number of fused-ring (bicyclic) bond motifs is 1. The van der Waals surface area contributed by atoms with Crippen molar-refractivity contribution in [1.82, 2.24) is 9.88 Å². The first-order valence-electron chi connectivity index (χ1n) is 7.72. The molecule has 1 amide bonds. The van der Waals surface area contributed by atoms with Crippen molar-refractivity contribution in [2.24, 2.45) is 0 Å². The van der Waals surface area contributed by atoms with E-state index in [-0.39, 0.29) is 11.3 Å². The fourth-order valence-electron chi connectivity index (χ4n) is 2.55. The van der Waals surface area contributed by atoms with Gasteiger partial charge in [-0.25, -0.2) is 4.98 Å². The Morgan fingerprint density at radius 1 is 1.36 bits per heavy atom. The van der Waals surface area contributed by atoms with Crippen LogP contribution in [0.25, 0.3) is 0 Å². The second-order valence-electron chi connectivity index (χ2n) is 5.53. The third-order valence-electron chi connectivity index (χ3n) is 3.83. The molecule has 1 aliphatic heterocycles. The molecule has 9 heteroatoms. The van der Waals surface area contributed by atoms with Crippen LogP contribution in [0.5, 0.6) is 5.75 Å². The fraction of sp³-hybridized carbons (Fsp3) is 0.375. The highest BCUT2D eigenvalue weighted by Gasteiger charge is 2.31. The van der Waals surface area contributed by atoms with Gasteiger partial charge in [0.15, 0.2) is 5.13 Å². The lowest BCUT2D eigenvalue weighted by Gasteiger charge is -2.23. The van der Waals surface area contributed by atoms with Crippen LogP contribution in [-0.2, 0) is 13.0 Å². The zero-order chi connectivity index (χ0) is 18.0. The summed E-state index contributed by atoms with van der Waals surface area (Å²) in [7, 11) is 0. The van der Waals surface area contributed by atoms with E-state index in [1.54, 1.807) is 0 Å². The summed E-state index contributed by atoms with van der Waals surface area (Å²) in [5.41, 5.74) is 1.23. The highest BCUT2D eigenvalue weighted by Crippen LogP contribution is 2.29. The van der Waals surface area contributed by atoms with E-state index in [4.69, 9.17) is 0 Å². The van der Waals surface area contributed by atoms with Gasteiger partial charge in [-0.05, 0) is 30.8 Å². The van der Waals surface area contributed by atoms with Crippen molar-refractivity contribution in [3.63, 3.8) is 0 Å². The molecule has 25 heavy (non-hydrogen) atoms. The first kappa shape index (κ1) is 17.7. The molecule has 2 aromatic rings. The average Bonchev–Trinajstić information content (AvgIpc) is 2.95. The van der Waals surface area contributed by atoms with Crippen LogP contribution in [0.1, 0.15) is 27.9 Å². The summed E-state index contributed by atoms with van der Waals surface area (Å²) in [5.74, 6) is -0.787. The molecule has 0 radical (unpaired) electrons. The maximum Gasteiger partial charge on any atom is 0.573 e. The predicted octanol–water partition coefficient (Wildman–Crippen LogP) is 3.67. The molecule has 134 valence electrons. The number of nitrogens with one attached hydrogen (secondary N) is 1. The van der Waals surface area contributed by atoms with Gasteiger partial charge in [-0.2, -0.15) is 0 Å². The van der Waals surface area contributed by atoms with Crippen LogP contribution in [0.3, 0.4) is 0 Å². The van der Waals surface area contributed by atoms with E-state index in [0.717, 1.165) is 48.8 Å². The minimum Gasteiger partial charge on any atom is -0.406 e. The van der Waals surface area contributed by atoms with Crippen molar-refractivity contribution in [1.29, 1.82) is 0 Å². The van der Waals surface area contributed by atoms with Crippen LogP contribution in [0.4, 0.5) is 18.3 Å². The van der Waals surface area contributed by atoms with Crippen LogP contribution in [0.15, 0.2) is 24.3 Å². The number of carbonyl (C=O) groups is 1. The Kier molecular flexibility index (Phi) is 4.96. The molecule has 1 N–H and O–H groups in total. The van der Waals surface area contributed by atoms with Gasteiger partial charge in [-0.15, -0.1) is 24.5 Å². The molecule has 3 rings (SSSR count). The summed E-state index contributed by atoms with van der Waals surface area (Å²) in [5, 5.41) is 3.21. The number of rotatable bonds is 4. The Hall–Kier alpha value is -2.13. The second-order valence-corrected chi connectivity index (χ2v) is 6.62. The van der Waals surface area contributed by atoms with Gasteiger partial charge < -0.3 is 4.74 Å². The quantitative estimate of drug-likeness (QED) is 0.891. The van der Waals surface area contributed by atoms with E-state index in [1.165, 1.54) is 23.5 Å². The maximum absolute atomic E-state index is 12.2. The van der Waals surface area contributed by atoms with Crippen molar-refractivity contribution in [3.8, 4) is 5.75 Å². The number of nitrogens with zero attached hydrogens (tertiary/aromatic N) is 2. The lowest BCUT2D eigenvalue weighted by atomic mass is 10.2. The number of anilines is 1.